The van der Waals surface area contributed by atoms with Gasteiger partial charge in [0.25, 0.3) is 0 Å². The minimum atomic E-state index is 0.507. The molecule has 2 aromatic heterocycles. The number of hydrogen-bond acceptors (Lipinski definition) is 7. The number of nitrogens with zero attached hydrogens (tertiary/aromatic N) is 5. The Bertz CT molecular complexity index is 1210. The van der Waals surface area contributed by atoms with E-state index in [1.165, 1.54) is 10.4 Å². The zero-order chi connectivity index (χ0) is 21.5. The average molecular weight is 427 g/mol. The lowest BCUT2D eigenvalue weighted by atomic mass is 10.1. The number of nitriles is 1. The van der Waals surface area contributed by atoms with E-state index in [0.29, 0.717) is 18.8 Å². The molecule has 6 nitrogen and oxygen atoms in total. The third-order valence-corrected chi connectivity index (χ3v) is 5.92. The first-order valence-corrected chi connectivity index (χ1v) is 10.8. The Hall–Kier alpha value is -3.76. The molecule has 154 valence electrons. The van der Waals surface area contributed by atoms with E-state index in [9.17, 15) is 0 Å². The molecule has 1 N–H and O–H groups in total. The number of benzene rings is 2. The third kappa shape index (κ3) is 5.24. The van der Waals surface area contributed by atoms with E-state index in [-0.39, 0.29) is 0 Å². The zero-order valence-electron chi connectivity index (χ0n) is 17.2. The molecule has 0 bridgehead atoms. The van der Waals surface area contributed by atoms with Crippen LogP contribution in [0.4, 0.5) is 11.5 Å². The first kappa shape index (κ1) is 20.5. The predicted octanol–water partition coefficient (Wildman–Crippen LogP) is 5.08. The van der Waals surface area contributed by atoms with Gasteiger partial charge in [0.2, 0.25) is 0 Å². The molecule has 0 saturated carbocycles. The van der Waals surface area contributed by atoms with Crippen molar-refractivity contribution < 1.29 is 0 Å². The van der Waals surface area contributed by atoms with Crippen molar-refractivity contribution in [3.05, 3.63) is 83.0 Å². The summed E-state index contributed by atoms with van der Waals surface area (Å²) in [4.78, 5) is 13.0. The monoisotopic (exact) mass is 426 g/mol. The molecular formula is C24H22N6S. The number of thiophene rings is 1. The van der Waals surface area contributed by atoms with E-state index >= 15 is 0 Å². The Balaban J connectivity index is 1.44. The van der Waals surface area contributed by atoms with Crippen molar-refractivity contribution in [2.75, 3.05) is 23.9 Å². The first-order valence-electron chi connectivity index (χ1n) is 9.97. The van der Waals surface area contributed by atoms with Gasteiger partial charge in [-0.1, -0.05) is 42.5 Å². The quantitative estimate of drug-likeness (QED) is 0.314. The molecule has 31 heavy (non-hydrogen) atoms. The molecule has 2 heterocycles. The van der Waals surface area contributed by atoms with Crippen LogP contribution in [0.1, 0.15) is 22.4 Å². The second-order valence-corrected chi connectivity index (χ2v) is 8.22. The van der Waals surface area contributed by atoms with Crippen molar-refractivity contribution in [3.63, 3.8) is 0 Å². The first-order chi connectivity index (χ1) is 15.2. The number of hydrazone groups is 1. The highest BCUT2D eigenvalue weighted by molar-refractivity contribution is 7.18. The van der Waals surface area contributed by atoms with Crippen LogP contribution in [0.5, 0.6) is 0 Å². The van der Waals surface area contributed by atoms with Crippen LogP contribution in [0.3, 0.4) is 0 Å². The molecule has 0 aliphatic rings. The molecule has 0 fully saturated rings. The molecule has 0 spiro atoms. The van der Waals surface area contributed by atoms with Gasteiger partial charge < -0.3 is 4.90 Å². The normalized spacial score (nSPS) is 11.0. The maximum Gasteiger partial charge on any atom is 0.158 e. The molecule has 4 aromatic rings. The summed E-state index contributed by atoms with van der Waals surface area (Å²) in [6, 6.07) is 22.8. The summed E-state index contributed by atoms with van der Waals surface area (Å²) in [5.74, 6) is 0.699. The van der Waals surface area contributed by atoms with Crippen molar-refractivity contribution in [1.29, 1.82) is 5.26 Å². The average Bonchev–Trinajstić information content (AvgIpc) is 3.22. The molecule has 0 atom stereocenters. The Labute approximate surface area is 185 Å². The molecule has 2 aromatic carbocycles. The fraction of sp³-hybridized carbons (Fsp3) is 0.167. The highest BCUT2D eigenvalue weighted by Gasteiger charge is 2.09. The van der Waals surface area contributed by atoms with Gasteiger partial charge in [-0.25, -0.2) is 9.97 Å². The molecule has 0 unspecified atom stereocenters. The Kier molecular flexibility index (Phi) is 6.50. The van der Waals surface area contributed by atoms with Gasteiger partial charge in [-0.15, -0.1) is 11.3 Å². The highest BCUT2D eigenvalue weighted by Crippen LogP contribution is 2.29. The molecule has 0 saturated heterocycles. The Morgan fingerprint density at radius 1 is 1.13 bits per heavy atom. The topological polar surface area (TPSA) is 77.2 Å². The van der Waals surface area contributed by atoms with Crippen LogP contribution in [-0.2, 0) is 6.42 Å². The predicted molar refractivity (Wildman–Crippen MR) is 128 cm³/mol. The van der Waals surface area contributed by atoms with Crippen LogP contribution in [0.15, 0.2) is 72.1 Å². The molecule has 0 amide bonds. The van der Waals surface area contributed by atoms with Crippen molar-refractivity contribution in [3.8, 4) is 6.07 Å². The van der Waals surface area contributed by atoms with Gasteiger partial charge in [0.05, 0.1) is 24.1 Å². The van der Waals surface area contributed by atoms with Gasteiger partial charge in [-0.3, -0.25) is 5.43 Å². The van der Waals surface area contributed by atoms with Crippen LogP contribution < -0.4 is 10.3 Å². The van der Waals surface area contributed by atoms with Crippen molar-refractivity contribution >= 4 is 39.3 Å². The molecule has 0 radical (unpaired) electrons. The van der Waals surface area contributed by atoms with E-state index in [1.54, 1.807) is 23.9 Å². The lowest BCUT2D eigenvalue weighted by Crippen LogP contribution is -2.17. The second-order valence-electron chi connectivity index (χ2n) is 7.11. The zero-order valence-corrected chi connectivity index (χ0v) is 18.0. The molecule has 0 aliphatic carbocycles. The Morgan fingerprint density at radius 2 is 1.94 bits per heavy atom. The largest absolute Gasteiger partial charge is 0.374 e. The fourth-order valence-electron chi connectivity index (χ4n) is 3.21. The fourth-order valence-corrected chi connectivity index (χ4v) is 4.24. The standard InChI is InChI=1S/C24H22N6S/c1-30(13-5-12-25)20-10-8-19(9-11-20)16-28-29-23-22-15-21(31-24(22)27-17-26-23)14-18-6-3-2-4-7-18/h2-4,6-11,15-17H,5,13-14H2,1H3,(H,26,27,29)/b28-16+. The lowest BCUT2D eigenvalue weighted by molar-refractivity contribution is 0.905. The minimum Gasteiger partial charge on any atom is -0.374 e. The van der Waals surface area contributed by atoms with Crippen molar-refractivity contribution in [2.24, 2.45) is 5.10 Å². The SMILES string of the molecule is CN(CCC#N)c1ccc(/C=N/Nc2ncnc3sc(Cc4ccccc4)cc23)cc1. The highest BCUT2D eigenvalue weighted by atomic mass is 32.1. The third-order valence-electron chi connectivity index (χ3n) is 4.88. The van der Waals surface area contributed by atoms with Gasteiger partial charge >= 0.3 is 0 Å². The molecule has 4 rings (SSSR count). The minimum absolute atomic E-state index is 0.507. The summed E-state index contributed by atoms with van der Waals surface area (Å²) in [6.45, 7) is 0.710. The van der Waals surface area contributed by atoms with E-state index in [2.05, 4.69) is 61.8 Å². The van der Waals surface area contributed by atoms with E-state index in [1.807, 2.05) is 37.4 Å². The maximum atomic E-state index is 8.72. The van der Waals surface area contributed by atoms with Gasteiger partial charge in [0, 0.05) is 30.6 Å². The number of nitrogens with one attached hydrogen (secondary N) is 1. The van der Waals surface area contributed by atoms with E-state index in [0.717, 1.165) is 27.9 Å². The number of rotatable bonds is 8. The van der Waals surface area contributed by atoms with Gasteiger partial charge in [0.1, 0.15) is 11.2 Å². The van der Waals surface area contributed by atoms with Crippen LogP contribution >= 0.6 is 11.3 Å². The van der Waals surface area contributed by atoms with Gasteiger partial charge in [-0.2, -0.15) is 10.4 Å². The summed E-state index contributed by atoms with van der Waals surface area (Å²) < 4.78 is 0. The number of fused-ring (bicyclic) bond motifs is 1. The number of anilines is 2. The number of hydrogen-bond donors (Lipinski definition) is 1. The van der Waals surface area contributed by atoms with E-state index in [4.69, 9.17) is 5.26 Å². The number of aromatic nitrogens is 2. The van der Waals surface area contributed by atoms with E-state index < -0.39 is 0 Å². The smallest absolute Gasteiger partial charge is 0.158 e. The Morgan fingerprint density at radius 3 is 2.71 bits per heavy atom. The van der Waals surface area contributed by atoms with Crippen LogP contribution in [0.25, 0.3) is 10.2 Å². The van der Waals surface area contributed by atoms with Gasteiger partial charge in [0.15, 0.2) is 5.82 Å². The van der Waals surface area contributed by atoms with Crippen LogP contribution in [0, 0.1) is 11.3 Å². The summed E-state index contributed by atoms with van der Waals surface area (Å²) in [5, 5.41) is 14.1. The maximum absolute atomic E-state index is 8.72. The van der Waals surface area contributed by atoms with Crippen LogP contribution in [0.2, 0.25) is 0 Å². The second kappa shape index (κ2) is 9.83. The lowest BCUT2D eigenvalue weighted by Gasteiger charge is -2.17. The van der Waals surface area contributed by atoms with Crippen molar-refractivity contribution in [2.45, 2.75) is 12.8 Å². The molecular weight excluding hydrogens is 404 g/mol. The van der Waals surface area contributed by atoms with Crippen molar-refractivity contribution in [1.82, 2.24) is 9.97 Å². The van der Waals surface area contributed by atoms with Crippen LogP contribution in [-0.4, -0.2) is 29.8 Å². The summed E-state index contributed by atoms with van der Waals surface area (Å²) in [7, 11) is 1.98. The summed E-state index contributed by atoms with van der Waals surface area (Å²) >= 11 is 1.68. The molecule has 7 heteroatoms. The van der Waals surface area contributed by atoms with Gasteiger partial charge in [-0.05, 0) is 29.3 Å². The molecule has 0 aliphatic heterocycles. The summed E-state index contributed by atoms with van der Waals surface area (Å²) in [6.07, 6.45) is 4.71. The summed E-state index contributed by atoms with van der Waals surface area (Å²) in [5.41, 5.74) is 6.38.